The second-order valence-corrected chi connectivity index (χ2v) is 6.15. The molecule has 3 N–H and O–H groups in total. The Bertz CT molecular complexity index is 618. The zero-order chi connectivity index (χ0) is 16.9. The number of likely N-dealkylation sites (tertiary alicyclic amines) is 1. The summed E-state index contributed by atoms with van der Waals surface area (Å²) in [6.07, 6.45) is 5.12. The Hall–Kier alpha value is -2.28. The fraction of sp³-hybridized carbons (Fsp3) is 0.529. The van der Waals surface area contributed by atoms with Gasteiger partial charge < -0.3 is 24.7 Å². The molecule has 0 aromatic carbocycles. The van der Waals surface area contributed by atoms with Crippen LogP contribution in [0, 0.1) is 0 Å². The highest BCUT2D eigenvalue weighted by Gasteiger charge is 2.36. The summed E-state index contributed by atoms with van der Waals surface area (Å²) >= 11 is 0. The van der Waals surface area contributed by atoms with E-state index in [4.69, 9.17) is 9.15 Å². The zero-order valence-corrected chi connectivity index (χ0v) is 13.9. The van der Waals surface area contributed by atoms with E-state index < -0.39 is 12.0 Å². The van der Waals surface area contributed by atoms with Crippen LogP contribution in [0.25, 0.3) is 0 Å². The maximum atomic E-state index is 12.5. The SMILES string of the molecule is CCOC(=O)C1=C(C[NH+]2CCCCC2)NC(=O)N[C@@H]1c1ccco1. The molecule has 0 bridgehead atoms. The van der Waals surface area contributed by atoms with Crippen molar-refractivity contribution in [3.8, 4) is 0 Å². The molecular weight excluding hydrogens is 310 g/mol. The number of amides is 2. The highest BCUT2D eigenvalue weighted by molar-refractivity contribution is 5.95. The molecule has 1 saturated heterocycles. The summed E-state index contributed by atoms with van der Waals surface area (Å²) in [5.41, 5.74) is 1.07. The van der Waals surface area contributed by atoms with Crippen molar-refractivity contribution in [3.05, 3.63) is 35.4 Å². The van der Waals surface area contributed by atoms with Crippen molar-refractivity contribution in [1.29, 1.82) is 0 Å². The summed E-state index contributed by atoms with van der Waals surface area (Å²) in [5.74, 6) is 0.108. The Labute approximate surface area is 141 Å². The van der Waals surface area contributed by atoms with Crippen molar-refractivity contribution in [3.63, 3.8) is 0 Å². The molecule has 0 aliphatic carbocycles. The smallest absolute Gasteiger partial charge is 0.338 e. The summed E-state index contributed by atoms with van der Waals surface area (Å²) in [4.78, 5) is 26.0. The molecule has 0 radical (unpaired) electrons. The molecular formula is C17H24N3O4+. The van der Waals surface area contributed by atoms with Gasteiger partial charge in [-0.15, -0.1) is 0 Å². The third-order valence-electron chi connectivity index (χ3n) is 4.46. The number of hydrogen-bond donors (Lipinski definition) is 3. The normalized spacial score (nSPS) is 22.0. The molecule has 7 nitrogen and oxygen atoms in total. The number of ether oxygens (including phenoxy) is 1. The Morgan fingerprint density at radius 2 is 2.17 bits per heavy atom. The van der Waals surface area contributed by atoms with Crippen molar-refractivity contribution >= 4 is 12.0 Å². The van der Waals surface area contributed by atoms with Crippen LogP contribution in [0.4, 0.5) is 4.79 Å². The van der Waals surface area contributed by atoms with Gasteiger partial charge in [-0.25, -0.2) is 9.59 Å². The summed E-state index contributed by atoms with van der Waals surface area (Å²) < 4.78 is 10.7. The van der Waals surface area contributed by atoms with E-state index >= 15 is 0 Å². The molecule has 3 rings (SSSR count). The van der Waals surface area contributed by atoms with E-state index in [2.05, 4.69) is 10.6 Å². The van der Waals surface area contributed by atoms with Gasteiger partial charge in [0, 0.05) is 0 Å². The van der Waals surface area contributed by atoms with E-state index in [1.54, 1.807) is 19.1 Å². The van der Waals surface area contributed by atoms with Crippen molar-refractivity contribution in [2.75, 3.05) is 26.2 Å². The molecule has 0 unspecified atom stereocenters. The molecule has 130 valence electrons. The van der Waals surface area contributed by atoms with Crippen molar-refractivity contribution < 1.29 is 23.6 Å². The lowest BCUT2D eigenvalue weighted by molar-refractivity contribution is -0.900. The number of hydrogen-bond acceptors (Lipinski definition) is 4. The van der Waals surface area contributed by atoms with Crippen LogP contribution in [0.2, 0.25) is 0 Å². The molecule has 0 spiro atoms. The highest BCUT2D eigenvalue weighted by Crippen LogP contribution is 2.27. The zero-order valence-electron chi connectivity index (χ0n) is 13.9. The van der Waals surface area contributed by atoms with Gasteiger partial charge in [0.2, 0.25) is 0 Å². The first-order valence-corrected chi connectivity index (χ1v) is 8.53. The molecule has 24 heavy (non-hydrogen) atoms. The second kappa shape index (κ2) is 7.53. The van der Waals surface area contributed by atoms with Crippen LogP contribution >= 0.6 is 0 Å². The second-order valence-electron chi connectivity index (χ2n) is 6.15. The molecule has 7 heteroatoms. The van der Waals surface area contributed by atoms with E-state index in [-0.39, 0.29) is 12.6 Å². The number of furan rings is 1. The fourth-order valence-corrected chi connectivity index (χ4v) is 3.35. The Kier molecular flexibility index (Phi) is 5.20. The first-order valence-electron chi connectivity index (χ1n) is 8.53. The summed E-state index contributed by atoms with van der Waals surface area (Å²) in [7, 11) is 0. The van der Waals surface area contributed by atoms with Crippen molar-refractivity contribution in [2.24, 2.45) is 0 Å². The first-order chi connectivity index (χ1) is 11.7. The number of piperidine rings is 1. The lowest BCUT2D eigenvalue weighted by atomic mass is 9.99. The third-order valence-corrected chi connectivity index (χ3v) is 4.46. The topological polar surface area (TPSA) is 85.0 Å². The number of quaternary nitrogens is 1. The van der Waals surface area contributed by atoms with E-state index in [1.165, 1.54) is 30.4 Å². The average molecular weight is 334 g/mol. The van der Waals surface area contributed by atoms with Crippen LogP contribution in [0.1, 0.15) is 38.0 Å². The predicted octanol–water partition coefficient (Wildman–Crippen LogP) is 0.520. The average Bonchev–Trinajstić information content (AvgIpc) is 3.10. The minimum Gasteiger partial charge on any atom is -0.467 e. The molecule has 2 aliphatic heterocycles. The van der Waals surface area contributed by atoms with E-state index in [1.807, 2.05) is 0 Å². The van der Waals surface area contributed by atoms with Crippen LogP contribution < -0.4 is 15.5 Å². The van der Waals surface area contributed by atoms with Gasteiger partial charge >= 0.3 is 12.0 Å². The van der Waals surface area contributed by atoms with Gasteiger partial charge in [-0.05, 0) is 38.3 Å². The summed E-state index contributed by atoms with van der Waals surface area (Å²) in [6, 6.07) is 2.55. The Morgan fingerprint density at radius 1 is 1.38 bits per heavy atom. The third kappa shape index (κ3) is 3.62. The maximum absolute atomic E-state index is 12.5. The lowest BCUT2D eigenvalue weighted by Crippen LogP contribution is -3.13. The molecule has 2 aliphatic rings. The molecule has 1 aromatic heterocycles. The monoisotopic (exact) mass is 334 g/mol. The number of carbonyl (C=O) groups is 2. The fourth-order valence-electron chi connectivity index (χ4n) is 3.35. The largest absolute Gasteiger partial charge is 0.467 e. The predicted molar refractivity (Wildman–Crippen MR) is 86.2 cm³/mol. The minimum absolute atomic E-state index is 0.283. The summed E-state index contributed by atoms with van der Waals surface area (Å²) in [6.45, 7) is 4.76. The number of nitrogens with one attached hydrogen (secondary N) is 3. The van der Waals surface area contributed by atoms with Crippen LogP contribution in [0.3, 0.4) is 0 Å². The minimum atomic E-state index is -0.619. The quantitative estimate of drug-likeness (QED) is 0.686. The van der Waals surface area contributed by atoms with Crippen molar-refractivity contribution in [2.45, 2.75) is 32.2 Å². The number of rotatable bonds is 5. The van der Waals surface area contributed by atoms with Gasteiger partial charge in [0.1, 0.15) is 18.3 Å². The maximum Gasteiger partial charge on any atom is 0.338 e. The van der Waals surface area contributed by atoms with Crippen LogP contribution in [-0.4, -0.2) is 38.2 Å². The molecule has 0 saturated carbocycles. The van der Waals surface area contributed by atoms with Crippen LogP contribution in [0.15, 0.2) is 34.1 Å². The molecule has 1 aromatic rings. The Morgan fingerprint density at radius 3 is 2.83 bits per heavy atom. The molecule has 1 fully saturated rings. The van der Waals surface area contributed by atoms with Gasteiger partial charge in [0.15, 0.2) is 0 Å². The lowest BCUT2D eigenvalue weighted by Gasteiger charge is -2.30. The molecule has 3 heterocycles. The first kappa shape index (κ1) is 16.6. The molecule has 1 atom stereocenters. The van der Waals surface area contributed by atoms with Crippen molar-refractivity contribution in [1.82, 2.24) is 10.6 Å². The van der Waals surface area contributed by atoms with Gasteiger partial charge in [-0.3, -0.25) is 0 Å². The van der Waals surface area contributed by atoms with Gasteiger partial charge in [0.05, 0.1) is 37.2 Å². The van der Waals surface area contributed by atoms with E-state index in [0.29, 0.717) is 23.6 Å². The van der Waals surface area contributed by atoms with Crippen LogP contribution in [-0.2, 0) is 9.53 Å². The standard InChI is InChI=1S/C17H23N3O4/c1-2-23-16(21)14-12(11-20-8-4-3-5-9-20)18-17(22)19-15(14)13-7-6-10-24-13/h6-7,10,15H,2-5,8-9,11H2,1H3,(H2,18,19,22)/p+1/t15-/m1/s1. The molecule has 2 amide bonds. The number of esters is 1. The van der Waals surface area contributed by atoms with Gasteiger partial charge in [0.25, 0.3) is 0 Å². The van der Waals surface area contributed by atoms with E-state index in [0.717, 1.165) is 13.1 Å². The highest BCUT2D eigenvalue weighted by atomic mass is 16.5. The van der Waals surface area contributed by atoms with Crippen LogP contribution in [0.5, 0.6) is 0 Å². The number of urea groups is 1. The number of carbonyl (C=O) groups excluding carboxylic acids is 2. The van der Waals surface area contributed by atoms with Gasteiger partial charge in [-0.2, -0.15) is 0 Å². The summed E-state index contributed by atoms with van der Waals surface area (Å²) in [5, 5.41) is 5.57. The Balaban J connectivity index is 1.93. The van der Waals surface area contributed by atoms with E-state index in [9.17, 15) is 9.59 Å². The van der Waals surface area contributed by atoms with Gasteiger partial charge in [-0.1, -0.05) is 0 Å².